The molecule has 20 heavy (non-hydrogen) atoms. The average Bonchev–Trinajstić information content (AvgIpc) is 2.88. The molecule has 0 bridgehead atoms. The normalized spacial score (nSPS) is 16.5. The summed E-state index contributed by atoms with van der Waals surface area (Å²) in [6.07, 6.45) is 4.05. The molecule has 1 aromatic carbocycles. The van der Waals surface area contributed by atoms with E-state index < -0.39 is 0 Å². The summed E-state index contributed by atoms with van der Waals surface area (Å²) >= 11 is 0. The zero-order valence-electron chi connectivity index (χ0n) is 12.3. The lowest BCUT2D eigenvalue weighted by molar-refractivity contribution is 0.233. The van der Waals surface area contributed by atoms with Crippen LogP contribution in [0.4, 0.5) is 0 Å². The Bertz CT molecular complexity index is 582. The number of aromatic nitrogens is 2. The lowest BCUT2D eigenvalue weighted by atomic mass is 9.99. The van der Waals surface area contributed by atoms with Gasteiger partial charge in [0.25, 0.3) is 0 Å². The number of hydrogen-bond acceptors (Lipinski definition) is 3. The summed E-state index contributed by atoms with van der Waals surface area (Å²) in [5.74, 6) is 0. The highest BCUT2D eigenvalue weighted by molar-refractivity contribution is 5.66. The fourth-order valence-electron chi connectivity index (χ4n) is 2.77. The molecule has 4 heteroatoms. The molecule has 1 N–H and O–H groups in total. The topological polar surface area (TPSA) is 33.1 Å². The zero-order chi connectivity index (χ0) is 13.9. The van der Waals surface area contributed by atoms with E-state index in [2.05, 4.69) is 46.6 Å². The van der Waals surface area contributed by atoms with Crippen molar-refractivity contribution in [2.45, 2.75) is 13.5 Å². The Morgan fingerprint density at radius 3 is 2.75 bits per heavy atom. The fraction of sp³-hybridized carbons (Fsp3) is 0.438. The summed E-state index contributed by atoms with van der Waals surface area (Å²) in [7, 11) is 1.97. The van der Waals surface area contributed by atoms with Crippen molar-refractivity contribution in [2.75, 3.05) is 26.2 Å². The lowest BCUT2D eigenvalue weighted by Crippen LogP contribution is -2.42. The number of hydrogen-bond donors (Lipinski definition) is 1. The van der Waals surface area contributed by atoms with Crippen molar-refractivity contribution in [1.82, 2.24) is 20.0 Å². The highest BCUT2D eigenvalue weighted by atomic mass is 15.2. The van der Waals surface area contributed by atoms with Crippen LogP contribution < -0.4 is 5.32 Å². The number of nitrogens with zero attached hydrogens (tertiary/aromatic N) is 3. The van der Waals surface area contributed by atoms with Gasteiger partial charge in [-0.15, -0.1) is 0 Å². The fourth-order valence-corrected chi connectivity index (χ4v) is 2.77. The maximum atomic E-state index is 4.30. The smallest absolute Gasteiger partial charge is 0.0568 e. The Morgan fingerprint density at radius 1 is 1.25 bits per heavy atom. The highest BCUT2D eigenvalue weighted by Crippen LogP contribution is 2.25. The Morgan fingerprint density at radius 2 is 2.05 bits per heavy atom. The predicted molar refractivity (Wildman–Crippen MR) is 81.5 cm³/mol. The van der Waals surface area contributed by atoms with Crippen LogP contribution in [0.2, 0.25) is 0 Å². The molecule has 106 valence electrons. The number of piperazine rings is 1. The first-order valence-electron chi connectivity index (χ1n) is 7.24. The maximum Gasteiger partial charge on any atom is 0.0568 e. The van der Waals surface area contributed by atoms with Crippen LogP contribution in [0.1, 0.15) is 11.1 Å². The van der Waals surface area contributed by atoms with Gasteiger partial charge in [-0.3, -0.25) is 9.58 Å². The third-order valence-electron chi connectivity index (χ3n) is 3.88. The Hall–Kier alpha value is -1.65. The van der Waals surface area contributed by atoms with E-state index in [0.29, 0.717) is 0 Å². The van der Waals surface area contributed by atoms with Gasteiger partial charge in [-0.1, -0.05) is 23.8 Å². The summed E-state index contributed by atoms with van der Waals surface area (Å²) in [6.45, 7) is 7.60. The van der Waals surface area contributed by atoms with E-state index >= 15 is 0 Å². The van der Waals surface area contributed by atoms with E-state index in [1.807, 2.05) is 17.9 Å². The number of rotatable bonds is 3. The Kier molecular flexibility index (Phi) is 3.85. The van der Waals surface area contributed by atoms with E-state index in [1.54, 1.807) is 0 Å². The molecule has 3 rings (SSSR count). The van der Waals surface area contributed by atoms with Gasteiger partial charge < -0.3 is 5.32 Å². The van der Waals surface area contributed by atoms with Gasteiger partial charge in [0.1, 0.15) is 0 Å². The van der Waals surface area contributed by atoms with Crippen molar-refractivity contribution in [1.29, 1.82) is 0 Å². The third kappa shape index (κ3) is 2.92. The van der Waals surface area contributed by atoms with Gasteiger partial charge in [-0.05, 0) is 18.1 Å². The van der Waals surface area contributed by atoms with Crippen molar-refractivity contribution in [3.8, 4) is 11.1 Å². The first-order valence-corrected chi connectivity index (χ1v) is 7.24. The molecule has 0 atom stereocenters. The molecule has 0 saturated carbocycles. The summed E-state index contributed by atoms with van der Waals surface area (Å²) in [4.78, 5) is 2.51. The minimum atomic E-state index is 1.02. The van der Waals surface area contributed by atoms with Gasteiger partial charge in [-0.2, -0.15) is 5.10 Å². The molecule has 1 aromatic heterocycles. The van der Waals surface area contributed by atoms with Gasteiger partial charge in [0.15, 0.2) is 0 Å². The molecule has 1 saturated heterocycles. The van der Waals surface area contributed by atoms with Gasteiger partial charge >= 0.3 is 0 Å². The molecular formula is C16H22N4. The second kappa shape index (κ2) is 5.77. The quantitative estimate of drug-likeness (QED) is 0.923. The van der Waals surface area contributed by atoms with E-state index in [9.17, 15) is 0 Å². The number of nitrogens with one attached hydrogen (secondary N) is 1. The largest absolute Gasteiger partial charge is 0.314 e. The highest BCUT2D eigenvalue weighted by Gasteiger charge is 2.13. The number of aryl methyl sites for hydroxylation is 2. The molecule has 0 unspecified atom stereocenters. The summed E-state index contributed by atoms with van der Waals surface area (Å²) in [5.41, 5.74) is 5.22. The monoisotopic (exact) mass is 270 g/mol. The summed E-state index contributed by atoms with van der Waals surface area (Å²) in [5, 5.41) is 7.71. The van der Waals surface area contributed by atoms with Crippen LogP contribution in [0.25, 0.3) is 11.1 Å². The van der Waals surface area contributed by atoms with E-state index in [4.69, 9.17) is 0 Å². The molecule has 0 amide bonds. The van der Waals surface area contributed by atoms with Crippen LogP contribution in [0.3, 0.4) is 0 Å². The molecule has 0 spiro atoms. The minimum absolute atomic E-state index is 1.02. The first-order chi connectivity index (χ1) is 9.72. The van der Waals surface area contributed by atoms with Crippen molar-refractivity contribution in [3.63, 3.8) is 0 Å². The van der Waals surface area contributed by atoms with E-state index in [0.717, 1.165) is 32.7 Å². The van der Waals surface area contributed by atoms with Crippen LogP contribution in [0.5, 0.6) is 0 Å². The molecular weight excluding hydrogens is 248 g/mol. The van der Waals surface area contributed by atoms with Crippen LogP contribution in [0.15, 0.2) is 30.6 Å². The summed E-state index contributed by atoms with van der Waals surface area (Å²) in [6, 6.07) is 6.74. The maximum absolute atomic E-state index is 4.30. The van der Waals surface area contributed by atoms with Gasteiger partial charge in [0, 0.05) is 51.5 Å². The van der Waals surface area contributed by atoms with Gasteiger partial charge in [-0.25, -0.2) is 0 Å². The molecule has 1 fully saturated rings. The average molecular weight is 270 g/mol. The van der Waals surface area contributed by atoms with Crippen LogP contribution in [0, 0.1) is 6.92 Å². The standard InChI is InChI=1S/C16H22N4/c1-13-3-4-14(12-20-7-5-17-6-8-20)16(9-13)15-10-18-19(2)11-15/h3-4,9-11,17H,5-8,12H2,1-2H3. The molecule has 2 heterocycles. The van der Waals surface area contributed by atoms with Crippen LogP contribution in [-0.2, 0) is 13.6 Å². The van der Waals surface area contributed by atoms with Crippen LogP contribution in [-0.4, -0.2) is 40.9 Å². The van der Waals surface area contributed by atoms with Crippen molar-refractivity contribution in [3.05, 3.63) is 41.7 Å². The van der Waals surface area contributed by atoms with Crippen LogP contribution >= 0.6 is 0 Å². The zero-order valence-corrected chi connectivity index (χ0v) is 12.3. The molecule has 0 radical (unpaired) electrons. The lowest BCUT2D eigenvalue weighted by Gasteiger charge is -2.28. The number of benzene rings is 1. The van der Waals surface area contributed by atoms with Crippen molar-refractivity contribution >= 4 is 0 Å². The second-order valence-corrected chi connectivity index (χ2v) is 5.59. The predicted octanol–water partition coefficient (Wildman–Crippen LogP) is 1.80. The molecule has 0 aliphatic carbocycles. The first kappa shape index (κ1) is 13.3. The van der Waals surface area contributed by atoms with Gasteiger partial charge in [0.2, 0.25) is 0 Å². The SMILES string of the molecule is Cc1ccc(CN2CCNCC2)c(-c2cnn(C)c2)c1. The van der Waals surface area contributed by atoms with Crippen molar-refractivity contribution in [2.24, 2.45) is 7.05 Å². The molecule has 1 aliphatic heterocycles. The third-order valence-corrected chi connectivity index (χ3v) is 3.88. The molecule has 2 aromatic rings. The Labute approximate surface area is 120 Å². The Balaban J connectivity index is 1.89. The minimum Gasteiger partial charge on any atom is -0.314 e. The molecule has 1 aliphatic rings. The second-order valence-electron chi connectivity index (χ2n) is 5.59. The van der Waals surface area contributed by atoms with Gasteiger partial charge in [0.05, 0.1) is 6.20 Å². The van der Waals surface area contributed by atoms with E-state index in [1.165, 1.54) is 22.3 Å². The van der Waals surface area contributed by atoms with E-state index in [-0.39, 0.29) is 0 Å². The summed E-state index contributed by atoms with van der Waals surface area (Å²) < 4.78 is 1.87. The molecule has 4 nitrogen and oxygen atoms in total. The van der Waals surface area contributed by atoms with Crippen molar-refractivity contribution < 1.29 is 0 Å².